The number of primary amides is 1. The first-order valence-electron chi connectivity index (χ1n) is 9.83. The number of aryl methyl sites for hydroxylation is 1. The molecule has 0 bridgehead atoms. The van der Waals surface area contributed by atoms with E-state index in [1.807, 2.05) is 24.3 Å². The maximum absolute atomic E-state index is 11.3. The highest BCUT2D eigenvalue weighted by molar-refractivity contribution is 7.98. The first-order chi connectivity index (χ1) is 14.5. The molecule has 0 aliphatic heterocycles. The number of thioether (sulfide) groups is 1. The number of ether oxygens (including phenoxy) is 1. The van der Waals surface area contributed by atoms with Crippen molar-refractivity contribution < 1.29 is 14.6 Å². The number of imidazole rings is 1. The number of carbonyl (C=O) groups is 1. The average Bonchev–Trinajstić information content (AvgIpc) is 3.23. The van der Waals surface area contributed by atoms with Gasteiger partial charge in [-0.25, -0.2) is 4.98 Å². The Labute approximate surface area is 181 Å². The van der Waals surface area contributed by atoms with Crippen molar-refractivity contribution in [2.24, 2.45) is 5.73 Å². The van der Waals surface area contributed by atoms with Crippen LogP contribution in [0.15, 0.2) is 66.0 Å². The van der Waals surface area contributed by atoms with Crippen LogP contribution in [-0.2, 0) is 13.0 Å². The van der Waals surface area contributed by atoms with Crippen molar-refractivity contribution in [3.05, 3.63) is 77.9 Å². The van der Waals surface area contributed by atoms with Gasteiger partial charge in [0.2, 0.25) is 0 Å². The van der Waals surface area contributed by atoms with E-state index in [9.17, 15) is 9.90 Å². The lowest BCUT2D eigenvalue weighted by molar-refractivity contribution is 0.0994. The molecule has 6 nitrogen and oxygen atoms in total. The van der Waals surface area contributed by atoms with Gasteiger partial charge in [0.1, 0.15) is 18.1 Å². The van der Waals surface area contributed by atoms with Crippen molar-refractivity contribution >= 4 is 17.7 Å². The van der Waals surface area contributed by atoms with Crippen molar-refractivity contribution in [2.45, 2.75) is 43.4 Å². The smallest absolute Gasteiger partial charge is 0.268 e. The molecule has 0 saturated heterocycles. The van der Waals surface area contributed by atoms with E-state index in [0.717, 1.165) is 16.9 Å². The van der Waals surface area contributed by atoms with Crippen LogP contribution in [-0.4, -0.2) is 32.9 Å². The summed E-state index contributed by atoms with van der Waals surface area (Å²) in [6.45, 7) is 2.23. The van der Waals surface area contributed by atoms with Gasteiger partial charge in [-0.3, -0.25) is 4.79 Å². The van der Waals surface area contributed by atoms with Crippen LogP contribution in [0.1, 0.15) is 41.0 Å². The second-order valence-corrected chi connectivity index (χ2v) is 8.04. The van der Waals surface area contributed by atoms with Gasteiger partial charge in [0.25, 0.3) is 5.91 Å². The van der Waals surface area contributed by atoms with Gasteiger partial charge in [0.15, 0.2) is 0 Å². The van der Waals surface area contributed by atoms with Crippen molar-refractivity contribution in [1.82, 2.24) is 9.55 Å². The number of nitrogens with two attached hydrogens (primary N) is 1. The summed E-state index contributed by atoms with van der Waals surface area (Å²) in [5.74, 6) is 0.252. The molecule has 0 fully saturated rings. The van der Waals surface area contributed by atoms with E-state index < -0.39 is 12.0 Å². The number of aliphatic hydroxyl groups is 1. The lowest BCUT2D eigenvalue weighted by Crippen LogP contribution is -2.21. The molecule has 30 heavy (non-hydrogen) atoms. The standard InChI is InChI=1S/C23H27N3O3S/c1-16(27)21(26-13-20(23(24)28)25-15-26)12-9-18-5-3-4-6-22(18)29-14-17-7-10-19(30-2)11-8-17/h3-8,10-11,13,15-16,21,27H,9,12,14H2,1-2H3,(H2,24,28)/t16-,21+/m0/s1. The van der Waals surface area contributed by atoms with Crippen LogP contribution in [0.25, 0.3) is 0 Å². The molecule has 2 atom stereocenters. The Bertz CT molecular complexity index is 970. The molecule has 0 spiro atoms. The van der Waals surface area contributed by atoms with Gasteiger partial charge in [-0.15, -0.1) is 11.8 Å². The molecule has 0 aliphatic carbocycles. The largest absolute Gasteiger partial charge is 0.489 e. The quantitative estimate of drug-likeness (QED) is 0.482. The van der Waals surface area contributed by atoms with E-state index in [4.69, 9.17) is 10.5 Å². The van der Waals surface area contributed by atoms with Crippen molar-refractivity contribution in [3.8, 4) is 5.75 Å². The normalized spacial score (nSPS) is 13.0. The molecule has 2 aromatic carbocycles. The zero-order valence-electron chi connectivity index (χ0n) is 17.2. The first-order valence-corrected chi connectivity index (χ1v) is 11.1. The van der Waals surface area contributed by atoms with Gasteiger partial charge in [0.05, 0.1) is 18.5 Å². The molecule has 3 N–H and O–H groups in total. The van der Waals surface area contributed by atoms with Gasteiger partial charge in [0, 0.05) is 11.1 Å². The molecule has 0 saturated carbocycles. The number of benzene rings is 2. The number of rotatable bonds is 10. The molecule has 0 unspecified atom stereocenters. The van der Waals surface area contributed by atoms with Crippen LogP contribution < -0.4 is 10.5 Å². The summed E-state index contributed by atoms with van der Waals surface area (Å²) in [6.07, 6.45) is 5.94. The fraction of sp³-hybridized carbons (Fsp3) is 0.304. The number of hydrogen-bond acceptors (Lipinski definition) is 5. The fourth-order valence-electron chi connectivity index (χ4n) is 3.32. The molecule has 1 heterocycles. The average molecular weight is 426 g/mol. The maximum Gasteiger partial charge on any atom is 0.268 e. The molecule has 0 radical (unpaired) electrons. The molecular formula is C23H27N3O3S. The Morgan fingerprint density at radius 3 is 2.60 bits per heavy atom. The van der Waals surface area contributed by atoms with E-state index in [1.54, 1.807) is 29.4 Å². The number of carbonyl (C=O) groups excluding carboxylic acids is 1. The van der Waals surface area contributed by atoms with Crippen LogP contribution in [0.4, 0.5) is 0 Å². The molecule has 158 valence electrons. The van der Waals surface area contributed by atoms with E-state index >= 15 is 0 Å². The minimum Gasteiger partial charge on any atom is -0.489 e. The number of hydrogen-bond donors (Lipinski definition) is 2. The van der Waals surface area contributed by atoms with Crippen molar-refractivity contribution in [3.63, 3.8) is 0 Å². The van der Waals surface area contributed by atoms with Crippen molar-refractivity contribution in [2.75, 3.05) is 6.26 Å². The van der Waals surface area contributed by atoms with Gasteiger partial charge >= 0.3 is 0 Å². The zero-order chi connectivity index (χ0) is 21.5. The minimum atomic E-state index is -0.608. The lowest BCUT2D eigenvalue weighted by atomic mass is 10.0. The van der Waals surface area contributed by atoms with Gasteiger partial charge < -0.3 is 20.1 Å². The molecule has 1 aromatic heterocycles. The van der Waals surface area contributed by atoms with E-state index in [2.05, 4.69) is 35.5 Å². The predicted octanol–water partition coefficient (Wildman–Crippen LogP) is 3.84. The van der Waals surface area contributed by atoms with Crippen molar-refractivity contribution in [1.29, 1.82) is 0 Å². The molecule has 3 rings (SSSR count). The topological polar surface area (TPSA) is 90.4 Å². The Balaban J connectivity index is 1.67. The second kappa shape index (κ2) is 10.3. The summed E-state index contributed by atoms with van der Waals surface area (Å²) < 4.78 is 7.83. The molecule has 0 aliphatic rings. The minimum absolute atomic E-state index is 0.192. The second-order valence-electron chi connectivity index (χ2n) is 7.16. The Morgan fingerprint density at radius 1 is 1.23 bits per heavy atom. The molecular weight excluding hydrogens is 398 g/mol. The summed E-state index contributed by atoms with van der Waals surface area (Å²) in [5.41, 5.74) is 7.66. The van der Waals surface area contributed by atoms with E-state index in [-0.39, 0.29) is 11.7 Å². The molecule has 3 aromatic rings. The monoisotopic (exact) mass is 425 g/mol. The van der Waals surface area contributed by atoms with Crippen LogP contribution in [0, 0.1) is 0 Å². The molecule has 7 heteroatoms. The summed E-state index contributed by atoms with van der Waals surface area (Å²) >= 11 is 1.71. The molecule has 1 amide bonds. The highest BCUT2D eigenvalue weighted by Crippen LogP contribution is 2.26. The van der Waals surface area contributed by atoms with Gasteiger partial charge in [-0.05, 0) is 55.3 Å². The van der Waals surface area contributed by atoms with Crippen LogP contribution >= 0.6 is 11.8 Å². The SMILES string of the molecule is CSc1ccc(COc2ccccc2CC[C@H]([C@H](C)O)n2cnc(C(N)=O)c2)cc1. The fourth-order valence-corrected chi connectivity index (χ4v) is 3.73. The summed E-state index contributed by atoms with van der Waals surface area (Å²) in [7, 11) is 0. The third-order valence-corrected chi connectivity index (χ3v) is 5.77. The van der Waals surface area contributed by atoms with Gasteiger partial charge in [-0.1, -0.05) is 30.3 Å². The summed E-state index contributed by atoms with van der Waals surface area (Å²) in [6, 6.07) is 16.0. The first kappa shape index (κ1) is 21.9. The number of aliphatic hydroxyl groups excluding tert-OH is 1. The lowest BCUT2D eigenvalue weighted by Gasteiger charge is -2.22. The third kappa shape index (κ3) is 5.64. The Morgan fingerprint density at radius 2 is 1.97 bits per heavy atom. The van der Waals surface area contributed by atoms with Crippen LogP contribution in [0.5, 0.6) is 5.75 Å². The summed E-state index contributed by atoms with van der Waals surface area (Å²) in [5, 5.41) is 10.3. The highest BCUT2D eigenvalue weighted by Gasteiger charge is 2.19. The summed E-state index contributed by atoms with van der Waals surface area (Å²) in [4.78, 5) is 16.6. The van der Waals surface area contributed by atoms with E-state index in [1.165, 1.54) is 11.2 Å². The maximum atomic E-state index is 11.3. The number of amides is 1. The Kier molecular flexibility index (Phi) is 7.54. The zero-order valence-corrected chi connectivity index (χ0v) is 18.0. The third-order valence-electron chi connectivity index (χ3n) is 5.03. The number of aromatic nitrogens is 2. The number of nitrogens with zero attached hydrogens (tertiary/aromatic N) is 2. The van der Waals surface area contributed by atoms with Crippen LogP contribution in [0.2, 0.25) is 0 Å². The highest BCUT2D eigenvalue weighted by atomic mass is 32.2. The Hall–Kier alpha value is -2.77. The van der Waals surface area contributed by atoms with Gasteiger partial charge in [-0.2, -0.15) is 0 Å². The predicted molar refractivity (Wildman–Crippen MR) is 119 cm³/mol. The van der Waals surface area contributed by atoms with E-state index in [0.29, 0.717) is 19.4 Å². The van der Waals surface area contributed by atoms with Crippen LogP contribution in [0.3, 0.4) is 0 Å². The number of para-hydroxylation sites is 1.